The van der Waals surface area contributed by atoms with Crippen LogP contribution in [0.15, 0.2) is 30.0 Å². The van der Waals surface area contributed by atoms with Crippen LogP contribution in [0.25, 0.3) is 0 Å². The third kappa shape index (κ3) is 1.61. The Morgan fingerprint density at radius 3 is 2.69 bits per heavy atom. The van der Waals surface area contributed by atoms with Crippen molar-refractivity contribution in [2.45, 2.75) is 49.9 Å². The number of ether oxygens (including phenoxy) is 1. The number of carbonyl (C=O) groups is 1. The van der Waals surface area contributed by atoms with E-state index in [1.165, 1.54) is 12.3 Å². The molecule has 4 aliphatic rings. The van der Waals surface area contributed by atoms with Gasteiger partial charge in [-0.15, -0.1) is 0 Å². The molecule has 6 nitrogen and oxygen atoms in total. The maximum Gasteiger partial charge on any atom is 0.172 e. The number of aliphatic hydroxyl groups excluding tert-OH is 1. The first kappa shape index (κ1) is 16.3. The summed E-state index contributed by atoms with van der Waals surface area (Å²) in [6.07, 6.45) is 0.258. The number of fused-ring (bicyclic) bond motifs is 5. The van der Waals surface area contributed by atoms with E-state index in [1.54, 1.807) is 12.1 Å². The number of ketones is 1. The number of aliphatic hydroxyl groups is 3. The van der Waals surface area contributed by atoms with E-state index in [0.717, 1.165) is 5.56 Å². The Morgan fingerprint density at radius 2 is 1.96 bits per heavy atom. The fraction of sp³-hybridized carbons (Fsp3) is 0.550. The second kappa shape index (κ2) is 4.50. The summed E-state index contributed by atoms with van der Waals surface area (Å²) in [7, 11) is 0. The number of hydrogen-bond acceptors (Lipinski definition) is 6. The first-order valence-electron chi connectivity index (χ1n) is 8.97. The molecule has 0 aromatic heterocycles. The molecule has 3 fully saturated rings. The Bertz CT molecular complexity index is 873. The van der Waals surface area contributed by atoms with E-state index in [4.69, 9.17) is 4.74 Å². The summed E-state index contributed by atoms with van der Waals surface area (Å²) in [6.45, 7) is 4.08. The molecule has 3 saturated carbocycles. The maximum absolute atomic E-state index is 12.9. The Kier molecular flexibility index (Phi) is 2.82. The Morgan fingerprint density at radius 1 is 1.23 bits per heavy atom. The minimum Gasteiger partial charge on any atom is -0.508 e. The fourth-order valence-corrected chi connectivity index (χ4v) is 6.11. The van der Waals surface area contributed by atoms with Crippen LogP contribution in [0, 0.1) is 17.3 Å². The smallest absolute Gasteiger partial charge is 0.172 e. The summed E-state index contributed by atoms with van der Waals surface area (Å²) >= 11 is 0. The SMILES string of the molecule is CC1(C)C2C(=COc3cc(O)ccc32)[C@]2(O)C(=O)C[C@]3(O)C[C@H]1[C@H]2[C@H]3O. The number of rotatable bonds is 0. The molecule has 0 spiro atoms. The number of carbonyl (C=O) groups excluding carboxylic acids is 1. The van der Waals surface area contributed by atoms with E-state index in [2.05, 4.69) is 0 Å². The van der Waals surface area contributed by atoms with Crippen molar-refractivity contribution in [1.82, 2.24) is 0 Å². The predicted octanol–water partition coefficient (Wildman–Crippen LogP) is 1.22. The number of benzene rings is 1. The molecule has 1 heterocycles. The van der Waals surface area contributed by atoms with Gasteiger partial charge < -0.3 is 25.2 Å². The number of phenols is 1. The van der Waals surface area contributed by atoms with Gasteiger partial charge in [0.1, 0.15) is 11.5 Å². The second-order valence-electron chi connectivity index (χ2n) is 8.92. The summed E-state index contributed by atoms with van der Waals surface area (Å²) < 4.78 is 5.66. The van der Waals surface area contributed by atoms with Gasteiger partial charge in [0.15, 0.2) is 11.4 Å². The lowest BCUT2D eigenvalue weighted by molar-refractivity contribution is -0.180. The van der Waals surface area contributed by atoms with Crippen molar-refractivity contribution < 1.29 is 30.0 Å². The first-order valence-corrected chi connectivity index (χ1v) is 8.97. The van der Waals surface area contributed by atoms with Crippen molar-refractivity contribution in [3.05, 3.63) is 35.6 Å². The summed E-state index contributed by atoms with van der Waals surface area (Å²) in [5, 5.41) is 42.9. The molecule has 1 aromatic carbocycles. The molecular formula is C20H22O6. The lowest BCUT2D eigenvalue weighted by atomic mass is 9.49. The standard InChI is InChI=1S/C20H22O6/c1-18(2)11-6-19(24)7-14(22)20(25,16(11)17(19)23)12-8-26-13-5-9(21)3-4-10(13)15(12)18/h3-5,8,11,15-17,21,23-25H,6-7H2,1-2H3/t11-,15?,16-,17+,19+,20-/m0/s1. The highest BCUT2D eigenvalue weighted by Crippen LogP contribution is 2.69. The van der Waals surface area contributed by atoms with Gasteiger partial charge in [-0.05, 0) is 23.8 Å². The van der Waals surface area contributed by atoms with E-state index >= 15 is 0 Å². The molecule has 4 N–H and O–H groups in total. The van der Waals surface area contributed by atoms with Crippen LogP contribution in [0.2, 0.25) is 0 Å². The van der Waals surface area contributed by atoms with Crippen molar-refractivity contribution in [3.8, 4) is 11.5 Å². The average Bonchev–Trinajstić information content (AvgIpc) is 2.79. The van der Waals surface area contributed by atoms with Crippen molar-refractivity contribution in [3.63, 3.8) is 0 Å². The Balaban J connectivity index is 1.77. The summed E-state index contributed by atoms with van der Waals surface area (Å²) in [6, 6.07) is 4.84. The monoisotopic (exact) mass is 358 g/mol. The van der Waals surface area contributed by atoms with Gasteiger partial charge in [-0.2, -0.15) is 0 Å². The van der Waals surface area contributed by atoms with E-state index in [9.17, 15) is 25.2 Å². The van der Waals surface area contributed by atoms with Gasteiger partial charge >= 0.3 is 0 Å². The zero-order chi connectivity index (χ0) is 18.6. The average molecular weight is 358 g/mol. The molecule has 6 atom stereocenters. The van der Waals surface area contributed by atoms with Crippen molar-refractivity contribution in [2.24, 2.45) is 17.3 Å². The summed E-state index contributed by atoms with van der Waals surface area (Å²) in [5.41, 5.74) is -2.53. The lowest BCUT2D eigenvalue weighted by Gasteiger charge is -2.57. The van der Waals surface area contributed by atoms with Crippen LogP contribution in [-0.4, -0.2) is 43.5 Å². The van der Waals surface area contributed by atoms with Gasteiger partial charge in [0.2, 0.25) is 0 Å². The number of hydrogen-bond donors (Lipinski definition) is 4. The quantitative estimate of drug-likeness (QED) is 0.556. The van der Waals surface area contributed by atoms with Gasteiger partial charge in [-0.3, -0.25) is 4.79 Å². The van der Waals surface area contributed by atoms with E-state index in [1.807, 2.05) is 13.8 Å². The Labute approximate surface area is 150 Å². The van der Waals surface area contributed by atoms with Gasteiger partial charge in [0, 0.05) is 35.5 Å². The minimum absolute atomic E-state index is 0.0772. The molecule has 1 unspecified atom stereocenters. The Hall–Kier alpha value is -1.89. The number of aromatic hydroxyl groups is 1. The highest BCUT2D eigenvalue weighted by molar-refractivity contribution is 5.94. The largest absolute Gasteiger partial charge is 0.508 e. The van der Waals surface area contributed by atoms with Gasteiger partial charge in [-0.25, -0.2) is 0 Å². The van der Waals surface area contributed by atoms with Crippen LogP contribution in [0.5, 0.6) is 11.5 Å². The van der Waals surface area contributed by atoms with Crippen LogP contribution >= 0.6 is 0 Å². The van der Waals surface area contributed by atoms with Crippen molar-refractivity contribution >= 4 is 5.78 Å². The van der Waals surface area contributed by atoms with Crippen LogP contribution in [0.4, 0.5) is 0 Å². The first-order chi connectivity index (χ1) is 12.1. The minimum atomic E-state index is -1.84. The van der Waals surface area contributed by atoms with E-state index in [-0.39, 0.29) is 30.4 Å². The maximum atomic E-state index is 12.9. The highest BCUT2D eigenvalue weighted by Gasteiger charge is 2.74. The molecule has 1 aromatic rings. The second-order valence-corrected chi connectivity index (χ2v) is 8.92. The fourth-order valence-electron chi connectivity index (χ4n) is 6.11. The highest BCUT2D eigenvalue weighted by atomic mass is 16.5. The van der Waals surface area contributed by atoms with Crippen LogP contribution < -0.4 is 4.74 Å². The number of Topliss-reactive ketones (excluding diaryl/α,β-unsaturated/α-hetero) is 1. The van der Waals surface area contributed by atoms with Gasteiger partial charge in [0.25, 0.3) is 0 Å². The zero-order valence-electron chi connectivity index (χ0n) is 14.6. The van der Waals surface area contributed by atoms with Crippen molar-refractivity contribution in [1.29, 1.82) is 0 Å². The van der Waals surface area contributed by atoms with E-state index < -0.39 is 34.4 Å². The molecule has 138 valence electrons. The van der Waals surface area contributed by atoms with Gasteiger partial charge in [0.05, 0.1) is 18.0 Å². The topological polar surface area (TPSA) is 107 Å². The third-order valence-electron chi connectivity index (χ3n) is 7.34. The number of phenolic OH excluding ortho intramolecular Hbond substituents is 1. The summed E-state index contributed by atoms with van der Waals surface area (Å²) in [4.78, 5) is 12.9. The zero-order valence-corrected chi connectivity index (χ0v) is 14.6. The molecule has 1 aliphatic heterocycles. The molecule has 3 aliphatic carbocycles. The third-order valence-corrected chi connectivity index (χ3v) is 7.34. The van der Waals surface area contributed by atoms with Crippen molar-refractivity contribution in [2.75, 3.05) is 0 Å². The van der Waals surface area contributed by atoms with E-state index in [0.29, 0.717) is 11.3 Å². The van der Waals surface area contributed by atoms with Crippen LogP contribution in [0.3, 0.4) is 0 Å². The predicted molar refractivity (Wildman–Crippen MR) is 90.5 cm³/mol. The molecule has 5 rings (SSSR count). The molecular weight excluding hydrogens is 336 g/mol. The molecule has 26 heavy (non-hydrogen) atoms. The molecule has 0 saturated heterocycles. The lowest BCUT2D eigenvalue weighted by Crippen LogP contribution is -2.66. The molecule has 2 bridgehead atoms. The molecule has 0 radical (unpaired) electrons. The normalized spacial score (nSPS) is 44.7. The summed E-state index contributed by atoms with van der Waals surface area (Å²) in [5.74, 6) is -1.19. The van der Waals surface area contributed by atoms with Crippen LogP contribution in [0.1, 0.15) is 38.2 Å². The van der Waals surface area contributed by atoms with Crippen LogP contribution in [-0.2, 0) is 4.79 Å². The van der Waals surface area contributed by atoms with Gasteiger partial charge in [-0.1, -0.05) is 19.9 Å². The molecule has 6 heteroatoms. The molecule has 0 amide bonds.